The van der Waals surface area contributed by atoms with Crippen LogP contribution in [0.2, 0.25) is 0 Å². The summed E-state index contributed by atoms with van der Waals surface area (Å²) in [5.41, 5.74) is 0.852. The van der Waals surface area contributed by atoms with E-state index < -0.39 is 0 Å². The molecule has 0 heterocycles. The lowest BCUT2D eigenvalue weighted by Gasteiger charge is -2.38. The first kappa shape index (κ1) is 15.5. The number of benzene rings is 1. The van der Waals surface area contributed by atoms with Crippen LogP contribution < -0.4 is 5.32 Å². The number of hydrogen-bond donors (Lipinski definition) is 2. The van der Waals surface area contributed by atoms with Crippen molar-refractivity contribution in [1.82, 2.24) is 10.2 Å². The Balaban J connectivity index is 2.21. The van der Waals surface area contributed by atoms with Crippen molar-refractivity contribution in [2.24, 2.45) is 0 Å². The molecule has 1 aromatic carbocycles. The summed E-state index contributed by atoms with van der Waals surface area (Å²) in [6, 6.07) is 11.1. The molecule has 0 radical (unpaired) electrons. The molecule has 0 amide bonds. The van der Waals surface area contributed by atoms with E-state index in [1.165, 1.54) is 18.4 Å². The highest BCUT2D eigenvalue weighted by Crippen LogP contribution is 2.31. The summed E-state index contributed by atoms with van der Waals surface area (Å²) < 4.78 is 0. The highest BCUT2D eigenvalue weighted by molar-refractivity contribution is 5.25. The normalized spacial score (nSPS) is 18.2. The second-order valence-corrected chi connectivity index (χ2v) is 5.83. The molecule has 0 saturated heterocycles. The predicted octanol–water partition coefficient (Wildman–Crippen LogP) is 2.36. The fraction of sp³-hybridized carbons (Fsp3) is 0.647. The van der Waals surface area contributed by atoms with Gasteiger partial charge in [-0.25, -0.2) is 0 Å². The smallest absolute Gasteiger partial charge is 0.0797 e. The van der Waals surface area contributed by atoms with Crippen molar-refractivity contribution < 1.29 is 5.11 Å². The molecule has 1 saturated carbocycles. The van der Waals surface area contributed by atoms with Crippen LogP contribution in [0.3, 0.4) is 0 Å². The van der Waals surface area contributed by atoms with E-state index in [2.05, 4.69) is 48.3 Å². The minimum absolute atomic E-state index is 0.139. The maximum Gasteiger partial charge on any atom is 0.0797 e. The summed E-state index contributed by atoms with van der Waals surface area (Å²) in [6.07, 6.45) is 3.68. The summed E-state index contributed by atoms with van der Waals surface area (Å²) in [7, 11) is 0. The molecule has 1 aliphatic carbocycles. The van der Waals surface area contributed by atoms with Crippen molar-refractivity contribution in [3.05, 3.63) is 35.9 Å². The quantitative estimate of drug-likeness (QED) is 0.727. The molecular weight excluding hydrogens is 248 g/mol. The molecule has 1 unspecified atom stereocenters. The molecule has 0 aliphatic heterocycles. The molecule has 112 valence electrons. The highest BCUT2D eigenvalue weighted by Gasteiger charge is 2.37. The van der Waals surface area contributed by atoms with E-state index >= 15 is 0 Å². The van der Waals surface area contributed by atoms with Gasteiger partial charge in [0.05, 0.1) is 12.1 Å². The number of rotatable bonds is 9. The Morgan fingerprint density at radius 1 is 1.25 bits per heavy atom. The molecule has 0 aromatic heterocycles. The van der Waals surface area contributed by atoms with Gasteiger partial charge in [-0.15, -0.1) is 0 Å². The van der Waals surface area contributed by atoms with Gasteiger partial charge < -0.3 is 10.4 Å². The van der Waals surface area contributed by atoms with Gasteiger partial charge in [-0.2, -0.15) is 0 Å². The first-order valence-electron chi connectivity index (χ1n) is 7.91. The molecule has 3 heteroatoms. The van der Waals surface area contributed by atoms with Crippen molar-refractivity contribution in [3.63, 3.8) is 0 Å². The molecule has 20 heavy (non-hydrogen) atoms. The first-order valence-corrected chi connectivity index (χ1v) is 7.91. The van der Waals surface area contributed by atoms with Crippen LogP contribution in [-0.4, -0.2) is 42.3 Å². The number of nitrogens with one attached hydrogen (secondary N) is 1. The standard InChI is InChI=1S/C17H28N2O/c1-3-12-18-17(14-20,15-8-6-5-7-9-15)13-19(4-2)16-10-11-16/h5-9,16,18,20H,3-4,10-14H2,1-2H3. The maximum atomic E-state index is 10.1. The van der Waals surface area contributed by atoms with Crippen LogP contribution in [0, 0.1) is 0 Å². The van der Waals surface area contributed by atoms with E-state index in [4.69, 9.17) is 0 Å². The zero-order chi connectivity index (χ0) is 14.4. The largest absolute Gasteiger partial charge is 0.394 e. The zero-order valence-corrected chi connectivity index (χ0v) is 12.8. The Bertz CT molecular complexity index is 391. The van der Waals surface area contributed by atoms with Gasteiger partial charge >= 0.3 is 0 Å². The topological polar surface area (TPSA) is 35.5 Å². The van der Waals surface area contributed by atoms with Gasteiger partial charge in [-0.05, 0) is 37.9 Å². The number of aliphatic hydroxyl groups is 1. The van der Waals surface area contributed by atoms with Crippen molar-refractivity contribution in [2.75, 3.05) is 26.2 Å². The first-order chi connectivity index (χ1) is 9.75. The van der Waals surface area contributed by atoms with Crippen molar-refractivity contribution in [1.29, 1.82) is 0 Å². The molecule has 1 aliphatic rings. The molecule has 1 atom stereocenters. The van der Waals surface area contributed by atoms with Crippen molar-refractivity contribution in [2.45, 2.75) is 44.7 Å². The SMILES string of the molecule is CCCNC(CO)(CN(CC)C1CC1)c1ccccc1. The van der Waals surface area contributed by atoms with Crippen LogP contribution in [0.15, 0.2) is 30.3 Å². The molecule has 1 fully saturated rings. The Kier molecular flexibility index (Phi) is 5.58. The number of likely N-dealkylation sites (N-methyl/N-ethyl adjacent to an activating group) is 1. The lowest BCUT2D eigenvalue weighted by Crippen LogP contribution is -2.54. The summed E-state index contributed by atoms with van der Waals surface area (Å²) >= 11 is 0. The molecular formula is C17H28N2O. The lowest BCUT2D eigenvalue weighted by atomic mass is 9.89. The Morgan fingerprint density at radius 3 is 2.45 bits per heavy atom. The van der Waals surface area contributed by atoms with Crippen LogP contribution in [0.5, 0.6) is 0 Å². The molecule has 2 rings (SSSR count). The molecule has 2 N–H and O–H groups in total. The summed E-state index contributed by atoms with van der Waals surface area (Å²) in [5, 5.41) is 13.7. The minimum atomic E-state index is -0.337. The van der Waals surface area contributed by atoms with E-state index in [0.717, 1.165) is 32.1 Å². The maximum absolute atomic E-state index is 10.1. The highest BCUT2D eigenvalue weighted by atomic mass is 16.3. The Hall–Kier alpha value is -0.900. The molecule has 0 bridgehead atoms. The number of aliphatic hydroxyl groups excluding tert-OH is 1. The van der Waals surface area contributed by atoms with Crippen LogP contribution in [0.1, 0.15) is 38.7 Å². The fourth-order valence-corrected chi connectivity index (χ4v) is 2.85. The van der Waals surface area contributed by atoms with E-state index in [0.29, 0.717) is 0 Å². The molecule has 1 aromatic rings. The Labute approximate surface area is 123 Å². The zero-order valence-electron chi connectivity index (χ0n) is 12.8. The van der Waals surface area contributed by atoms with Gasteiger partial charge in [0.25, 0.3) is 0 Å². The minimum Gasteiger partial charge on any atom is -0.394 e. The third kappa shape index (κ3) is 3.60. The van der Waals surface area contributed by atoms with Gasteiger partial charge in [-0.3, -0.25) is 4.90 Å². The second-order valence-electron chi connectivity index (χ2n) is 5.83. The van der Waals surface area contributed by atoms with Gasteiger partial charge in [0.1, 0.15) is 0 Å². The van der Waals surface area contributed by atoms with Gasteiger partial charge in [0, 0.05) is 12.6 Å². The lowest BCUT2D eigenvalue weighted by molar-refractivity contribution is 0.105. The van der Waals surface area contributed by atoms with E-state index in [-0.39, 0.29) is 12.1 Å². The van der Waals surface area contributed by atoms with Crippen LogP contribution in [0.4, 0.5) is 0 Å². The molecule has 3 nitrogen and oxygen atoms in total. The summed E-state index contributed by atoms with van der Waals surface area (Å²) in [6.45, 7) is 7.38. The third-order valence-electron chi connectivity index (χ3n) is 4.25. The van der Waals surface area contributed by atoms with E-state index in [1.54, 1.807) is 0 Å². The average molecular weight is 276 g/mol. The van der Waals surface area contributed by atoms with Crippen LogP contribution in [0.25, 0.3) is 0 Å². The van der Waals surface area contributed by atoms with E-state index in [1.807, 2.05) is 6.07 Å². The Morgan fingerprint density at radius 2 is 1.95 bits per heavy atom. The van der Waals surface area contributed by atoms with Crippen molar-refractivity contribution >= 4 is 0 Å². The van der Waals surface area contributed by atoms with E-state index in [9.17, 15) is 5.11 Å². The summed E-state index contributed by atoms with van der Waals surface area (Å²) in [5.74, 6) is 0. The van der Waals surface area contributed by atoms with Crippen LogP contribution >= 0.6 is 0 Å². The van der Waals surface area contributed by atoms with Gasteiger partial charge in [0.15, 0.2) is 0 Å². The van der Waals surface area contributed by atoms with Crippen molar-refractivity contribution in [3.8, 4) is 0 Å². The fourth-order valence-electron chi connectivity index (χ4n) is 2.85. The average Bonchev–Trinajstić information content (AvgIpc) is 3.34. The predicted molar refractivity (Wildman–Crippen MR) is 83.8 cm³/mol. The number of nitrogens with zero attached hydrogens (tertiary/aromatic N) is 1. The monoisotopic (exact) mass is 276 g/mol. The number of hydrogen-bond acceptors (Lipinski definition) is 3. The summed E-state index contributed by atoms with van der Waals surface area (Å²) in [4.78, 5) is 2.51. The molecule has 0 spiro atoms. The van der Waals surface area contributed by atoms with Gasteiger partial charge in [-0.1, -0.05) is 44.2 Å². The third-order valence-corrected chi connectivity index (χ3v) is 4.25. The van der Waals surface area contributed by atoms with Gasteiger partial charge in [0.2, 0.25) is 0 Å². The van der Waals surface area contributed by atoms with Crippen LogP contribution in [-0.2, 0) is 5.54 Å². The second kappa shape index (κ2) is 7.21.